The number of furan rings is 1. The molecule has 0 aliphatic heterocycles. The van der Waals surface area contributed by atoms with Gasteiger partial charge in [-0.05, 0) is 36.8 Å². The molecular formula is C20H20FNO6S. The van der Waals surface area contributed by atoms with Crippen LogP contribution >= 0.6 is 0 Å². The fourth-order valence-electron chi connectivity index (χ4n) is 2.82. The molecule has 29 heavy (non-hydrogen) atoms. The molecule has 2 N–H and O–H groups in total. The van der Waals surface area contributed by atoms with Gasteiger partial charge in [0.15, 0.2) is 9.84 Å². The van der Waals surface area contributed by atoms with Crippen molar-refractivity contribution in [3.8, 4) is 17.1 Å². The third kappa shape index (κ3) is 4.68. The zero-order valence-corrected chi connectivity index (χ0v) is 16.7. The van der Waals surface area contributed by atoms with Crippen LogP contribution in [0, 0.1) is 5.82 Å². The van der Waals surface area contributed by atoms with Crippen LogP contribution in [0.15, 0.2) is 40.8 Å². The average Bonchev–Trinajstić information content (AvgIpc) is 3.02. The van der Waals surface area contributed by atoms with E-state index in [-0.39, 0.29) is 22.8 Å². The van der Waals surface area contributed by atoms with Crippen molar-refractivity contribution in [2.75, 3.05) is 24.1 Å². The number of rotatable bonds is 8. The maximum absolute atomic E-state index is 13.3. The molecule has 1 aromatic heterocycles. The lowest BCUT2D eigenvalue weighted by atomic mass is 10.0. The summed E-state index contributed by atoms with van der Waals surface area (Å²) >= 11 is 0. The van der Waals surface area contributed by atoms with Crippen LogP contribution in [0.5, 0.6) is 5.75 Å². The van der Waals surface area contributed by atoms with E-state index in [0.717, 1.165) is 6.26 Å². The number of aromatic carboxylic acids is 1. The van der Waals surface area contributed by atoms with Crippen molar-refractivity contribution in [1.82, 2.24) is 0 Å². The number of fused-ring (bicyclic) bond motifs is 1. The minimum Gasteiger partial charge on any atom is -0.491 e. The molecule has 0 aliphatic rings. The summed E-state index contributed by atoms with van der Waals surface area (Å²) in [6, 6.07) is 8.29. The van der Waals surface area contributed by atoms with Gasteiger partial charge in [-0.3, -0.25) is 0 Å². The Morgan fingerprint density at radius 1 is 1.24 bits per heavy atom. The Morgan fingerprint density at radius 3 is 2.52 bits per heavy atom. The van der Waals surface area contributed by atoms with Gasteiger partial charge in [-0.1, -0.05) is 6.92 Å². The quantitative estimate of drug-likeness (QED) is 0.563. The predicted octanol–water partition coefficient (Wildman–Crippen LogP) is 4.14. The Hall–Kier alpha value is -3.07. The zero-order chi connectivity index (χ0) is 21.2. The van der Waals surface area contributed by atoms with E-state index in [4.69, 9.17) is 9.15 Å². The fraction of sp³-hybridized carbons (Fsp3) is 0.250. The van der Waals surface area contributed by atoms with Crippen molar-refractivity contribution in [2.45, 2.75) is 13.3 Å². The molecule has 7 nitrogen and oxygen atoms in total. The molecule has 0 amide bonds. The van der Waals surface area contributed by atoms with E-state index in [1.54, 1.807) is 0 Å². The number of hydrogen-bond acceptors (Lipinski definition) is 6. The van der Waals surface area contributed by atoms with Gasteiger partial charge in [-0.25, -0.2) is 17.6 Å². The Kier molecular flexibility index (Phi) is 5.78. The second-order valence-corrected chi connectivity index (χ2v) is 8.70. The molecule has 0 spiro atoms. The highest BCUT2D eigenvalue weighted by atomic mass is 32.2. The minimum absolute atomic E-state index is 0.0780. The molecule has 2 aromatic carbocycles. The van der Waals surface area contributed by atoms with Crippen molar-refractivity contribution in [3.63, 3.8) is 0 Å². The molecule has 0 aliphatic carbocycles. The first-order valence-electron chi connectivity index (χ1n) is 8.83. The van der Waals surface area contributed by atoms with Crippen molar-refractivity contribution < 1.29 is 31.9 Å². The second kappa shape index (κ2) is 8.12. The lowest BCUT2D eigenvalue weighted by Crippen LogP contribution is -2.13. The van der Waals surface area contributed by atoms with E-state index in [0.29, 0.717) is 35.4 Å². The summed E-state index contributed by atoms with van der Waals surface area (Å²) < 4.78 is 47.7. The number of anilines is 1. The Bertz CT molecular complexity index is 1150. The second-order valence-electron chi connectivity index (χ2n) is 6.56. The van der Waals surface area contributed by atoms with Gasteiger partial charge in [-0.15, -0.1) is 0 Å². The molecule has 0 fully saturated rings. The normalized spacial score (nSPS) is 11.6. The highest BCUT2D eigenvalue weighted by Crippen LogP contribution is 2.39. The van der Waals surface area contributed by atoms with Gasteiger partial charge >= 0.3 is 5.97 Å². The molecule has 9 heteroatoms. The number of hydrogen-bond donors (Lipinski definition) is 2. The van der Waals surface area contributed by atoms with Crippen molar-refractivity contribution in [2.24, 2.45) is 0 Å². The number of carbonyl (C=O) groups is 1. The maximum atomic E-state index is 13.3. The van der Waals surface area contributed by atoms with Crippen LogP contribution in [0.3, 0.4) is 0 Å². The summed E-state index contributed by atoms with van der Waals surface area (Å²) in [5.41, 5.74) is 0.929. The van der Waals surface area contributed by atoms with Crippen molar-refractivity contribution >= 4 is 32.5 Å². The monoisotopic (exact) mass is 421 g/mol. The van der Waals surface area contributed by atoms with Crippen LogP contribution in [-0.4, -0.2) is 38.2 Å². The summed E-state index contributed by atoms with van der Waals surface area (Å²) in [7, 11) is -3.30. The zero-order valence-electron chi connectivity index (χ0n) is 15.9. The van der Waals surface area contributed by atoms with Gasteiger partial charge in [0.1, 0.15) is 34.4 Å². The number of halogens is 1. The van der Waals surface area contributed by atoms with Gasteiger partial charge in [0, 0.05) is 23.3 Å². The summed E-state index contributed by atoms with van der Waals surface area (Å²) in [6.07, 6.45) is 1.80. The first-order chi connectivity index (χ1) is 13.7. The van der Waals surface area contributed by atoms with Gasteiger partial charge < -0.3 is 19.6 Å². The first-order valence-corrected chi connectivity index (χ1v) is 10.9. The summed E-state index contributed by atoms with van der Waals surface area (Å²) in [4.78, 5) is 11.9. The third-order valence-electron chi connectivity index (χ3n) is 4.10. The number of carboxylic acid groups (broad SMARTS) is 1. The predicted molar refractivity (Wildman–Crippen MR) is 108 cm³/mol. The molecule has 0 saturated carbocycles. The smallest absolute Gasteiger partial charge is 0.340 e. The van der Waals surface area contributed by atoms with Crippen molar-refractivity contribution in [3.05, 3.63) is 47.8 Å². The van der Waals surface area contributed by atoms with Crippen LogP contribution in [-0.2, 0) is 9.84 Å². The Balaban J connectivity index is 2.18. The summed E-state index contributed by atoms with van der Waals surface area (Å²) in [6.45, 7) is 2.28. The topological polar surface area (TPSA) is 106 Å². The van der Waals surface area contributed by atoms with Gasteiger partial charge in [0.25, 0.3) is 0 Å². The van der Waals surface area contributed by atoms with E-state index < -0.39 is 21.6 Å². The third-order valence-corrected chi connectivity index (χ3v) is 4.77. The van der Waals surface area contributed by atoms with Gasteiger partial charge in [-0.2, -0.15) is 0 Å². The van der Waals surface area contributed by atoms with Crippen LogP contribution in [0.1, 0.15) is 23.7 Å². The van der Waals surface area contributed by atoms with E-state index >= 15 is 0 Å². The number of ether oxygens (including phenoxy) is 1. The van der Waals surface area contributed by atoms with Gasteiger partial charge in [0.2, 0.25) is 0 Å². The lowest BCUT2D eigenvalue weighted by Gasteiger charge is -2.12. The van der Waals surface area contributed by atoms with E-state index in [1.165, 1.54) is 36.4 Å². The lowest BCUT2D eigenvalue weighted by molar-refractivity contribution is 0.0699. The van der Waals surface area contributed by atoms with Gasteiger partial charge in [0.05, 0.1) is 12.3 Å². The molecular weight excluding hydrogens is 401 g/mol. The molecule has 0 unspecified atom stereocenters. The minimum atomic E-state index is -3.30. The van der Waals surface area contributed by atoms with E-state index in [2.05, 4.69) is 5.32 Å². The molecule has 1 heterocycles. The largest absolute Gasteiger partial charge is 0.491 e. The molecule has 154 valence electrons. The average molecular weight is 421 g/mol. The number of nitrogens with one attached hydrogen (secondary N) is 1. The van der Waals surface area contributed by atoms with Crippen LogP contribution in [0.4, 0.5) is 10.1 Å². The molecule has 0 radical (unpaired) electrons. The number of carboxylic acids is 1. The number of sulfone groups is 1. The fourth-order valence-corrected chi connectivity index (χ4v) is 3.24. The van der Waals surface area contributed by atoms with Crippen LogP contribution in [0.2, 0.25) is 0 Å². The van der Waals surface area contributed by atoms with Crippen LogP contribution < -0.4 is 10.1 Å². The first kappa shape index (κ1) is 20.7. The Labute approximate surface area is 167 Å². The summed E-state index contributed by atoms with van der Waals surface area (Å²) in [5.74, 6) is -1.59. The van der Waals surface area contributed by atoms with Crippen molar-refractivity contribution in [1.29, 1.82) is 0 Å². The molecule has 0 atom stereocenters. The highest BCUT2D eigenvalue weighted by molar-refractivity contribution is 7.90. The standard InChI is InChI=1S/C20H20FNO6S/c1-3-8-27-17-9-14-16(10-15(17)22-11-29(2,25)26)28-19(18(14)20(23)24)12-4-6-13(21)7-5-12/h4-7,9-10,22H,3,8,11H2,1-2H3,(H,23,24). The SMILES string of the molecule is CCCOc1cc2c(C(=O)O)c(-c3ccc(F)cc3)oc2cc1NCS(C)(=O)=O. The highest BCUT2D eigenvalue weighted by Gasteiger charge is 2.24. The van der Waals surface area contributed by atoms with E-state index in [1.807, 2.05) is 6.92 Å². The van der Waals surface area contributed by atoms with E-state index in [9.17, 15) is 22.7 Å². The molecule has 3 rings (SSSR count). The molecule has 0 saturated heterocycles. The maximum Gasteiger partial charge on any atom is 0.340 e. The Morgan fingerprint density at radius 2 is 1.93 bits per heavy atom. The summed E-state index contributed by atoms with van der Waals surface area (Å²) in [5, 5.41) is 12.8. The van der Waals surface area contributed by atoms with Crippen LogP contribution in [0.25, 0.3) is 22.3 Å². The number of benzene rings is 2. The molecule has 0 bridgehead atoms. The molecule has 3 aromatic rings.